The van der Waals surface area contributed by atoms with Crippen molar-refractivity contribution in [2.75, 3.05) is 0 Å². The summed E-state index contributed by atoms with van der Waals surface area (Å²) in [6.45, 7) is 0. The Bertz CT molecular complexity index is 719. The van der Waals surface area contributed by atoms with E-state index in [1.807, 2.05) is 24.4 Å². The zero-order valence-corrected chi connectivity index (χ0v) is 9.40. The number of aromatic amines is 2. The maximum absolute atomic E-state index is 11.3. The first-order chi connectivity index (χ1) is 8.25. The van der Waals surface area contributed by atoms with E-state index in [2.05, 4.69) is 21.2 Å². The number of para-hydroxylation sites is 1. The van der Waals surface area contributed by atoms with Gasteiger partial charge in [0, 0.05) is 30.6 Å². The van der Waals surface area contributed by atoms with Crippen molar-refractivity contribution in [1.82, 2.24) is 19.7 Å². The molecule has 0 spiro atoms. The molecular formula is C12H12N4O. The Morgan fingerprint density at radius 2 is 2.18 bits per heavy atom. The summed E-state index contributed by atoms with van der Waals surface area (Å²) in [5, 5.41) is 7.62. The fourth-order valence-corrected chi connectivity index (χ4v) is 1.99. The molecule has 5 nitrogen and oxygen atoms in total. The number of benzene rings is 1. The van der Waals surface area contributed by atoms with Crippen LogP contribution in [0.1, 0.15) is 11.4 Å². The number of nitrogens with one attached hydrogen (secondary N) is 2. The van der Waals surface area contributed by atoms with E-state index in [4.69, 9.17) is 0 Å². The van der Waals surface area contributed by atoms with Gasteiger partial charge in [0.25, 0.3) is 0 Å². The van der Waals surface area contributed by atoms with E-state index < -0.39 is 0 Å². The van der Waals surface area contributed by atoms with Crippen molar-refractivity contribution in [3.8, 4) is 0 Å². The summed E-state index contributed by atoms with van der Waals surface area (Å²) in [5.74, 6) is 0.736. The maximum atomic E-state index is 11.3. The second-order valence-corrected chi connectivity index (χ2v) is 4.04. The van der Waals surface area contributed by atoms with Gasteiger partial charge in [-0.3, -0.25) is 4.57 Å². The van der Waals surface area contributed by atoms with E-state index >= 15 is 0 Å². The average Bonchev–Trinajstić information content (AvgIpc) is 2.89. The van der Waals surface area contributed by atoms with E-state index in [-0.39, 0.29) is 5.69 Å². The van der Waals surface area contributed by atoms with Gasteiger partial charge < -0.3 is 4.98 Å². The zero-order valence-electron chi connectivity index (χ0n) is 9.40. The number of nitrogens with zero attached hydrogens (tertiary/aromatic N) is 2. The first-order valence-electron chi connectivity index (χ1n) is 5.41. The van der Waals surface area contributed by atoms with Gasteiger partial charge in [0.05, 0.1) is 0 Å². The molecule has 17 heavy (non-hydrogen) atoms. The van der Waals surface area contributed by atoms with Crippen molar-refractivity contribution in [3.05, 3.63) is 52.3 Å². The van der Waals surface area contributed by atoms with E-state index in [1.165, 1.54) is 9.95 Å². The van der Waals surface area contributed by atoms with Gasteiger partial charge in [-0.2, -0.15) is 5.10 Å². The number of hydrogen-bond acceptors (Lipinski definition) is 2. The quantitative estimate of drug-likeness (QED) is 0.691. The van der Waals surface area contributed by atoms with Crippen LogP contribution in [0.15, 0.2) is 35.3 Å². The predicted octanol–water partition coefficient (Wildman–Crippen LogP) is 1.18. The Morgan fingerprint density at radius 3 is 2.94 bits per heavy atom. The molecule has 86 valence electrons. The average molecular weight is 228 g/mol. The van der Waals surface area contributed by atoms with Gasteiger partial charge in [0.2, 0.25) is 0 Å². The van der Waals surface area contributed by atoms with E-state index in [1.54, 1.807) is 7.05 Å². The van der Waals surface area contributed by atoms with Gasteiger partial charge in [0.1, 0.15) is 5.82 Å². The molecule has 0 saturated heterocycles. The second kappa shape index (κ2) is 3.62. The van der Waals surface area contributed by atoms with Crippen LogP contribution < -0.4 is 5.69 Å². The number of rotatable bonds is 2. The molecule has 3 rings (SSSR count). The molecule has 0 aliphatic carbocycles. The van der Waals surface area contributed by atoms with Gasteiger partial charge >= 0.3 is 5.69 Å². The molecule has 0 aliphatic heterocycles. The van der Waals surface area contributed by atoms with E-state index in [9.17, 15) is 4.79 Å². The molecule has 5 heteroatoms. The monoisotopic (exact) mass is 228 g/mol. The van der Waals surface area contributed by atoms with Crippen LogP contribution in [0, 0.1) is 0 Å². The van der Waals surface area contributed by atoms with Crippen LogP contribution in [-0.4, -0.2) is 19.7 Å². The highest BCUT2D eigenvalue weighted by atomic mass is 16.1. The summed E-state index contributed by atoms with van der Waals surface area (Å²) in [5.41, 5.74) is 2.06. The van der Waals surface area contributed by atoms with Crippen molar-refractivity contribution in [3.63, 3.8) is 0 Å². The molecule has 3 aromatic rings. The Balaban J connectivity index is 2.06. The summed E-state index contributed by atoms with van der Waals surface area (Å²) in [4.78, 5) is 14.5. The predicted molar refractivity (Wildman–Crippen MR) is 64.9 cm³/mol. The SMILES string of the molecule is Cn1c(Cc2c[nH]c3ccccc23)n[nH]c1=O. The summed E-state index contributed by atoms with van der Waals surface area (Å²) >= 11 is 0. The third kappa shape index (κ3) is 1.56. The van der Waals surface area contributed by atoms with Crippen LogP contribution in [0.4, 0.5) is 0 Å². The summed E-state index contributed by atoms with van der Waals surface area (Å²) in [6, 6.07) is 8.09. The van der Waals surface area contributed by atoms with E-state index in [0.29, 0.717) is 6.42 Å². The molecular weight excluding hydrogens is 216 g/mol. The maximum Gasteiger partial charge on any atom is 0.343 e. The summed E-state index contributed by atoms with van der Waals surface area (Å²) in [6.07, 6.45) is 2.60. The van der Waals surface area contributed by atoms with Crippen LogP contribution in [0.25, 0.3) is 10.9 Å². The van der Waals surface area contributed by atoms with Gasteiger partial charge in [-0.15, -0.1) is 0 Å². The number of fused-ring (bicyclic) bond motifs is 1. The lowest BCUT2D eigenvalue weighted by atomic mass is 10.1. The molecule has 2 aromatic heterocycles. The van der Waals surface area contributed by atoms with Crippen molar-refractivity contribution in [2.45, 2.75) is 6.42 Å². The number of H-pyrrole nitrogens is 2. The highest BCUT2D eigenvalue weighted by molar-refractivity contribution is 5.83. The molecule has 0 bridgehead atoms. The minimum absolute atomic E-state index is 0.181. The molecule has 0 saturated carbocycles. The summed E-state index contributed by atoms with van der Waals surface area (Å²) < 4.78 is 1.53. The Kier molecular flexibility index (Phi) is 2.11. The van der Waals surface area contributed by atoms with Crippen LogP contribution in [0.2, 0.25) is 0 Å². The molecule has 2 heterocycles. The van der Waals surface area contributed by atoms with Crippen LogP contribution in [-0.2, 0) is 13.5 Å². The molecule has 0 unspecified atom stereocenters. The highest BCUT2D eigenvalue weighted by Gasteiger charge is 2.08. The molecule has 1 aromatic carbocycles. The van der Waals surface area contributed by atoms with Crippen molar-refractivity contribution in [2.24, 2.45) is 7.05 Å². The van der Waals surface area contributed by atoms with Crippen molar-refractivity contribution >= 4 is 10.9 Å². The molecule has 0 radical (unpaired) electrons. The lowest BCUT2D eigenvalue weighted by Crippen LogP contribution is -2.14. The molecule has 0 fully saturated rings. The van der Waals surface area contributed by atoms with E-state index in [0.717, 1.165) is 16.9 Å². The standard InChI is InChI=1S/C12H12N4O/c1-16-11(14-15-12(16)17)6-8-7-13-10-5-3-2-4-9(8)10/h2-5,7,13H,6H2,1H3,(H,15,17). The fraction of sp³-hybridized carbons (Fsp3) is 0.167. The number of aromatic nitrogens is 4. The van der Waals surface area contributed by atoms with Crippen molar-refractivity contribution < 1.29 is 0 Å². The Labute approximate surface area is 97.1 Å². The van der Waals surface area contributed by atoms with Crippen LogP contribution >= 0.6 is 0 Å². The fourth-order valence-electron chi connectivity index (χ4n) is 1.99. The minimum Gasteiger partial charge on any atom is -0.361 e. The first kappa shape index (κ1) is 9.89. The van der Waals surface area contributed by atoms with Crippen LogP contribution in [0.3, 0.4) is 0 Å². The summed E-state index contributed by atoms with van der Waals surface area (Å²) in [7, 11) is 1.72. The molecule has 0 amide bonds. The van der Waals surface area contributed by atoms with Crippen molar-refractivity contribution in [1.29, 1.82) is 0 Å². The third-order valence-corrected chi connectivity index (χ3v) is 3.00. The number of hydrogen-bond donors (Lipinski definition) is 2. The zero-order chi connectivity index (χ0) is 11.8. The second-order valence-electron chi connectivity index (χ2n) is 4.04. The van der Waals surface area contributed by atoms with Gasteiger partial charge in [-0.25, -0.2) is 9.89 Å². The molecule has 0 atom stereocenters. The Morgan fingerprint density at radius 1 is 1.35 bits per heavy atom. The van der Waals surface area contributed by atoms with Gasteiger partial charge in [0.15, 0.2) is 0 Å². The molecule has 2 N–H and O–H groups in total. The Hall–Kier alpha value is -2.30. The lowest BCUT2D eigenvalue weighted by Gasteiger charge is -1.98. The van der Waals surface area contributed by atoms with Crippen LogP contribution in [0.5, 0.6) is 0 Å². The largest absolute Gasteiger partial charge is 0.361 e. The first-order valence-corrected chi connectivity index (χ1v) is 5.41. The smallest absolute Gasteiger partial charge is 0.343 e. The lowest BCUT2D eigenvalue weighted by molar-refractivity contribution is 0.798. The normalized spacial score (nSPS) is 11.1. The minimum atomic E-state index is -0.181. The highest BCUT2D eigenvalue weighted by Crippen LogP contribution is 2.19. The topological polar surface area (TPSA) is 66.5 Å². The van der Waals surface area contributed by atoms with Gasteiger partial charge in [-0.1, -0.05) is 18.2 Å². The molecule has 0 aliphatic rings. The third-order valence-electron chi connectivity index (χ3n) is 3.00. The van der Waals surface area contributed by atoms with Gasteiger partial charge in [-0.05, 0) is 11.6 Å².